The lowest BCUT2D eigenvalue weighted by molar-refractivity contribution is -0.131. The first kappa shape index (κ1) is 13.3. The molecule has 1 amide bonds. The summed E-state index contributed by atoms with van der Waals surface area (Å²) in [5, 5.41) is 3.42. The lowest BCUT2D eigenvalue weighted by atomic mass is 9.82. The van der Waals surface area contributed by atoms with Gasteiger partial charge in [0.25, 0.3) is 0 Å². The molecule has 1 aromatic rings. The van der Waals surface area contributed by atoms with Crippen LogP contribution in [-0.4, -0.2) is 24.5 Å². The van der Waals surface area contributed by atoms with Crippen molar-refractivity contribution in [2.24, 2.45) is 5.92 Å². The van der Waals surface area contributed by atoms with Gasteiger partial charge in [-0.1, -0.05) is 6.07 Å². The van der Waals surface area contributed by atoms with Gasteiger partial charge in [-0.05, 0) is 43.5 Å². The van der Waals surface area contributed by atoms with Crippen LogP contribution in [0.15, 0.2) is 18.2 Å². The van der Waals surface area contributed by atoms with Gasteiger partial charge in [-0.25, -0.2) is 9.82 Å². The topological polar surface area (TPSA) is 79.2 Å². The molecule has 0 spiro atoms. The highest BCUT2D eigenvalue weighted by atomic mass is 19.1. The van der Waals surface area contributed by atoms with E-state index in [1.807, 2.05) is 0 Å². The molecule has 2 saturated heterocycles. The number of hydrogen-bond acceptors (Lipinski definition) is 4. The molecule has 0 aliphatic carbocycles. The Morgan fingerprint density at radius 3 is 3.05 bits per heavy atom. The number of halogens is 1. The van der Waals surface area contributed by atoms with Crippen molar-refractivity contribution in [3.05, 3.63) is 29.6 Å². The van der Waals surface area contributed by atoms with Crippen LogP contribution in [0.5, 0.6) is 0 Å². The van der Waals surface area contributed by atoms with E-state index in [4.69, 9.17) is 5.73 Å². The number of rotatable bonds is 2. The second-order valence-corrected chi connectivity index (χ2v) is 5.53. The zero-order valence-electron chi connectivity index (χ0n) is 11.2. The maximum absolute atomic E-state index is 13.2. The lowest BCUT2D eigenvalue weighted by Gasteiger charge is -2.41. The molecule has 6 heteroatoms. The standard InChI is InChI=1S/C14H19FN4O/c15-10-4-3-8(6-11(10)16)7-12-13-9(2-1-5-17-13)14(20)19-18-12/h3-4,6,9,12-13,17-18H,1-2,5,7,16H2,(H,19,20). The molecule has 0 aromatic heterocycles. The molecule has 5 nitrogen and oxygen atoms in total. The van der Waals surface area contributed by atoms with Crippen LogP contribution < -0.4 is 21.9 Å². The van der Waals surface area contributed by atoms with Gasteiger partial charge in [-0.3, -0.25) is 10.2 Å². The van der Waals surface area contributed by atoms with Crippen LogP contribution in [0, 0.1) is 11.7 Å². The molecule has 0 bridgehead atoms. The van der Waals surface area contributed by atoms with Gasteiger partial charge in [0.05, 0.1) is 11.6 Å². The summed E-state index contributed by atoms with van der Waals surface area (Å²) in [5.41, 5.74) is 12.5. The average molecular weight is 278 g/mol. The molecule has 2 heterocycles. The Morgan fingerprint density at radius 2 is 2.25 bits per heavy atom. The highest BCUT2D eigenvalue weighted by molar-refractivity contribution is 5.80. The largest absolute Gasteiger partial charge is 0.396 e. The number of amides is 1. The second-order valence-electron chi connectivity index (χ2n) is 5.53. The van der Waals surface area contributed by atoms with Crippen molar-refractivity contribution in [2.45, 2.75) is 31.3 Å². The fourth-order valence-electron chi connectivity index (χ4n) is 3.13. The third-order valence-corrected chi connectivity index (χ3v) is 4.17. The normalized spacial score (nSPS) is 29.6. The van der Waals surface area contributed by atoms with Gasteiger partial charge in [0.15, 0.2) is 0 Å². The maximum atomic E-state index is 13.2. The van der Waals surface area contributed by atoms with E-state index < -0.39 is 5.82 Å². The Hall–Kier alpha value is -1.66. The fraction of sp³-hybridized carbons (Fsp3) is 0.500. The van der Waals surface area contributed by atoms with Gasteiger partial charge in [0.1, 0.15) is 5.82 Å². The van der Waals surface area contributed by atoms with E-state index >= 15 is 0 Å². The second kappa shape index (κ2) is 5.38. The Kier molecular flexibility index (Phi) is 3.58. The number of nitrogen functional groups attached to an aromatic ring is 1. The van der Waals surface area contributed by atoms with Crippen molar-refractivity contribution in [1.29, 1.82) is 0 Å². The number of carbonyl (C=O) groups excluding carboxylic acids is 1. The van der Waals surface area contributed by atoms with Gasteiger partial charge in [0.2, 0.25) is 5.91 Å². The number of anilines is 1. The van der Waals surface area contributed by atoms with Crippen LogP contribution in [-0.2, 0) is 11.2 Å². The quantitative estimate of drug-likeness (QED) is 0.588. The van der Waals surface area contributed by atoms with Crippen LogP contribution >= 0.6 is 0 Å². The molecule has 20 heavy (non-hydrogen) atoms. The number of nitrogens with one attached hydrogen (secondary N) is 3. The zero-order valence-corrected chi connectivity index (χ0v) is 11.2. The van der Waals surface area contributed by atoms with Crippen LogP contribution in [0.1, 0.15) is 18.4 Å². The Labute approximate surface area is 117 Å². The van der Waals surface area contributed by atoms with Crippen LogP contribution in [0.2, 0.25) is 0 Å². The molecule has 3 atom stereocenters. The number of benzene rings is 1. The van der Waals surface area contributed by atoms with Crippen LogP contribution in [0.4, 0.5) is 10.1 Å². The summed E-state index contributed by atoms with van der Waals surface area (Å²) in [6.45, 7) is 0.929. The summed E-state index contributed by atoms with van der Waals surface area (Å²) in [5.74, 6) is -0.336. The van der Waals surface area contributed by atoms with Gasteiger partial charge in [-0.15, -0.1) is 0 Å². The Bertz CT molecular complexity index is 522. The average Bonchev–Trinajstić information content (AvgIpc) is 2.46. The van der Waals surface area contributed by atoms with Crippen molar-refractivity contribution in [2.75, 3.05) is 12.3 Å². The summed E-state index contributed by atoms with van der Waals surface area (Å²) >= 11 is 0. The highest BCUT2D eigenvalue weighted by Crippen LogP contribution is 2.24. The van der Waals surface area contributed by atoms with E-state index in [9.17, 15) is 9.18 Å². The van der Waals surface area contributed by atoms with Crippen molar-refractivity contribution >= 4 is 11.6 Å². The number of hydrogen-bond donors (Lipinski definition) is 4. The molecular weight excluding hydrogens is 259 g/mol. The molecule has 2 aliphatic heterocycles. The van der Waals surface area contributed by atoms with Crippen molar-refractivity contribution < 1.29 is 9.18 Å². The highest BCUT2D eigenvalue weighted by Gasteiger charge is 2.39. The zero-order chi connectivity index (χ0) is 14.1. The summed E-state index contributed by atoms with van der Waals surface area (Å²) in [4.78, 5) is 11.8. The van der Waals surface area contributed by atoms with E-state index in [-0.39, 0.29) is 29.6 Å². The predicted octanol–water partition coefficient (Wildman–Crippen LogP) is 0.322. The minimum Gasteiger partial charge on any atom is -0.396 e. The maximum Gasteiger partial charge on any atom is 0.238 e. The number of fused-ring (bicyclic) bond motifs is 1. The molecule has 0 saturated carbocycles. The van der Waals surface area contributed by atoms with Gasteiger partial charge >= 0.3 is 0 Å². The van der Waals surface area contributed by atoms with E-state index in [0.717, 1.165) is 24.9 Å². The van der Waals surface area contributed by atoms with Gasteiger partial charge in [-0.2, -0.15) is 0 Å². The fourth-order valence-corrected chi connectivity index (χ4v) is 3.13. The van der Waals surface area contributed by atoms with E-state index in [1.165, 1.54) is 6.07 Å². The predicted molar refractivity (Wildman–Crippen MR) is 74.1 cm³/mol. The summed E-state index contributed by atoms with van der Waals surface area (Å²) in [6.07, 6.45) is 2.62. The molecule has 3 unspecified atom stereocenters. The Morgan fingerprint density at radius 1 is 1.40 bits per heavy atom. The molecule has 1 aromatic carbocycles. The van der Waals surface area contributed by atoms with Gasteiger partial charge in [0, 0.05) is 12.1 Å². The molecule has 0 radical (unpaired) electrons. The first-order valence-corrected chi connectivity index (χ1v) is 6.98. The van der Waals surface area contributed by atoms with Crippen molar-refractivity contribution in [3.8, 4) is 0 Å². The number of nitrogens with two attached hydrogens (primary N) is 1. The smallest absolute Gasteiger partial charge is 0.238 e. The molecule has 2 aliphatic rings. The van der Waals surface area contributed by atoms with E-state index in [1.54, 1.807) is 12.1 Å². The number of hydrazine groups is 1. The first-order chi connectivity index (χ1) is 9.65. The van der Waals surface area contributed by atoms with Crippen molar-refractivity contribution in [1.82, 2.24) is 16.2 Å². The SMILES string of the molecule is Nc1cc(CC2NNC(=O)C3CCCNC23)ccc1F. The van der Waals surface area contributed by atoms with Gasteiger partial charge < -0.3 is 11.1 Å². The monoisotopic (exact) mass is 278 g/mol. The summed E-state index contributed by atoms with van der Waals surface area (Å²) in [6, 6.07) is 4.98. The first-order valence-electron chi connectivity index (χ1n) is 6.98. The van der Waals surface area contributed by atoms with E-state index in [2.05, 4.69) is 16.2 Å². The van der Waals surface area contributed by atoms with Crippen LogP contribution in [0.3, 0.4) is 0 Å². The number of piperidine rings is 1. The molecule has 3 rings (SSSR count). The molecule has 108 valence electrons. The number of carbonyl (C=O) groups is 1. The minimum atomic E-state index is -0.396. The van der Waals surface area contributed by atoms with Crippen molar-refractivity contribution in [3.63, 3.8) is 0 Å². The molecule has 2 fully saturated rings. The van der Waals surface area contributed by atoms with Crippen LogP contribution in [0.25, 0.3) is 0 Å². The van der Waals surface area contributed by atoms with E-state index in [0.29, 0.717) is 6.42 Å². The molecule has 5 N–H and O–H groups in total. The lowest BCUT2D eigenvalue weighted by Crippen LogP contribution is -2.67. The third-order valence-electron chi connectivity index (χ3n) is 4.17. The Balaban J connectivity index is 1.75. The summed E-state index contributed by atoms with van der Waals surface area (Å²) in [7, 11) is 0. The summed E-state index contributed by atoms with van der Waals surface area (Å²) < 4.78 is 13.2. The molecular formula is C14H19FN4O. The third kappa shape index (κ3) is 2.48. The minimum absolute atomic E-state index is 0.00722.